The number of anilines is 2. The Balaban J connectivity index is 0.807. The molecule has 12 heteroatoms. The summed E-state index contributed by atoms with van der Waals surface area (Å²) in [6, 6.07) is 15.0. The first-order valence-corrected chi connectivity index (χ1v) is 15.7. The molecule has 0 spiro atoms. The van der Waals surface area contributed by atoms with Crippen LogP contribution in [0.1, 0.15) is 55.8 Å². The predicted molar refractivity (Wildman–Crippen MR) is 170 cm³/mol. The standard InChI is InChI=1S/C34H41N6O6/c35-28-11-3-1-9-26(28)33-43-23-31(45-33)41-21-7-16-39-20-19-38(25-39)15-6-5-13-30-37-14-18-40(30)17-8-22-42-32-24-44-34(46-32)27-10-2-4-12-29(27)36/h1-4,9-12,14,18-20,23-25,33-34H,5-8,13,15-17,21-22,35-36H2/q+2. The molecule has 12 nitrogen and oxygen atoms in total. The Morgan fingerprint density at radius 2 is 1.41 bits per heavy atom. The average molecular weight is 630 g/mol. The molecule has 0 bridgehead atoms. The summed E-state index contributed by atoms with van der Waals surface area (Å²) in [5, 5.41) is 0. The van der Waals surface area contributed by atoms with Crippen LogP contribution in [0, 0.1) is 0 Å². The van der Waals surface area contributed by atoms with Crippen LogP contribution < -0.4 is 21.0 Å². The second-order valence-electron chi connectivity index (χ2n) is 11.1. The largest absolute Gasteiger partial charge is 0.463 e. The molecule has 3 aliphatic heterocycles. The van der Waals surface area contributed by atoms with Crippen molar-refractivity contribution >= 4 is 17.2 Å². The number of nitrogens with zero attached hydrogens (tertiary/aromatic N) is 4. The maximum atomic E-state index is 6.02. The van der Waals surface area contributed by atoms with Gasteiger partial charge in [-0.3, -0.25) is 0 Å². The highest BCUT2D eigenvalue weighted by Crippen LogP contribution is 2.33. The van der Waals surface area contributed by atoms with Gasteiger partial charge in [-0.2, -0.15) is 0 Å². The lowest BCUT2D eigenvalue weighted by Gasteiger charge is -2.14. The first kappa shape index (κ1) is 30.8. The third kappa shape index (κ3) is 8.06. The van der Waals surface area contributed by atoms with E-state index in [1.165, 1.54) is 12.5 Å². The number of aliphatic imine (C=N–C) groups is 1. The molecule has 46 heavy (non-hydrogen) atoms. The fourth-order valence-electron chi connectivity index (χ4n) is 5.30. The number of imidazole rings is 1. The molecule has 1 radical (unpaired) electrons. The smallest absolute Gasteiger partial charge is 0.319 e. The Labute approximate surface area is 268 Å². The van der Waals surface area contributed by atoms with Crippen molar-refractivity contribution in [1.29, 1.82) is 0 Å². The molecular formula is C34H41N6O6+2. The Bertz CT molecular complexity index is 1580. The fourth-order valence-corrected chi connectivity index (χ4v) is 5.30. The highest BCUT2D eigenvalue weighted by Gasteiger charge is 2.26. The molecule has 0 amide bonds. The van der Waals surface area contributed by atoms with E-state index in [9.17, 15) is 0 Å². The number of amidine groups is 1. The van der Waals surface area contributed by atoms with Crippen LogP contribution in [-0.2, 0) is 41.5 Å². The molecule has 241 valence electrons. The Kier molecular flexibility index (Phi) is 10.1. The summed E-state index contributed by atoms with van der Waals surface area (Å²) in [6.45, 7) is 3.64. The van der Waals surface area contributed by atoms with E-state index >= 15 is 0 Å². The molecule has 4 N–H and O–H groups in total. The van der Waals surface area contributed by atoms with Crippen LogP contribution in [0.2, 0.25) is 0 Å². The molecule has 2 unspecified atom stereocenters. The number of hydrogen-bond donors (Lipinski definition) is 2. The summed E-state index contributed by atoms with van der Waals surface area (Å²) in [7, 11) is 0. The number of nitrogen functional groups attached to an aromatic ring is 2. The van der Waals surface area contributed by atoms with E-state index in [0.29, 0.717) is 36.5 Å². The summed E-state index contributed by atoms with van der Waals surface area (Å²) >= 11 is 0. The summed E-state index contributed by atoms with van der Waals surface area (Å²) in [5.74, 6) is 1.83. The number of nitrogens with two attached hydrogens (primary N) is 2. The molecule has 2 atom stereocenters. The van der Waals surface area contributed by atoms with Gasteiger partial charge in [0.05, 0.1) is 50.4 Å². The molecule has 4 heterocycles. The van der Waals surface area contributed by atoms with Gasteiger partial charge in [0.2, 0.25) is 6.33 Å². The Morgan fingerprint density at radius 1 is 0.783 bits per heavy atom. The zero-order valence-electron chi connectivity index (χ0n) is 25.8. The van der Waals surface area contributed by atoms with Gasteiger partial charge in [-0.1, -0.05) is 29.3 Å². The predicted octanol–water partition coefficient (Wildman–Crippen LogP) is 4.53. The third-order valence-corrected chi connectivity index (χ3v) is 7.73. The fraction of sp³-hybridized carbons (Fsp3) is 0.353. The maximum Gasteiger partial charge on any atom is 0.319 e. The molecule has 0 saturated heterocycles. The van der Waals surface area contributed by atoms with Gasteiger partial charge in [0.25, 0.3) is 18.4 Å². The van der Waals surface area contributed by atoms with E-state index in [0.717, 1.165) is 68.7 Å². The number of aromatic nitrogens is 2. The van der Waals surface area contributed by atoms with Crippen molar-refractivity contribution in [2.24, 2.45) is 0 Å². The van der Waals surface area contributed by atoms with E-state index in [1.54, 1.807) is 0 Å². The van der Waals surface area contributed by atoms with Gasteiger partial charge in [0.15, 0.2) is 18.7 Å². The van der Waals surface area contributed by atoms with Crippen molar-refractivity contribution in [3.63, 3.8) is 0 Å². The van der Waals surface area contributed by atoms with Gasteiger partial charge in [0, 0.05) is 24.2 Å². The summed E-state index contributed by atoms with van der Waals surface area (Å²) < 4.78 is 38.5. The summed E-state index contributed by atoms with van der Waals surface area (Å²) in [5.41, 5.74) is 14.8. The van der Waals surface area contributed by atoms with Crippen LogP contribution in [-0.4, -0.2) is 35.1 Å². The maximum absolute atomic E-state index is 6.02. The molecular weight excluding hydrogens is 588 g/mol. The van der Waals surface area contributed by atoms with Gasteiger partial charge >= 0.3 is 11.9 Å². The van der Waals surface area contributed by atoms with Gasteiger partial charge < -0.3 is 39.9 Å². The van der Waals surface area contributed by atoms with Crippen LogP contribution in [0.3, 0.4) is 0 Å². The van der Waals surface area contributed by atoms with E-state index in [-0.39, 0.29) is 0 Å². The van der Waals surface area contributed by atoms with E-state index < -0.39 is 12.6 Å². The molecule has 2 aromatic carbocycles. The topological polar surface area (TPSA) is 134 Å². The molecule has 0 aliphatic carbocycles. The number of para-hydroxylation sites is 2. The molecule has 3 aliphatic rings. The second kappa shape index (κ2) is 15.2. The molecule has 0 fully saturated rings. The minimum Gasteiger partial charge on any atom is -0.463 e. The summed E-state index contributed by atoms with van der Waals surface area (Å²) in [4.78, 5) is 6.77. The van der Waals surface area contributed by atoms with Crippen LogP contribution in [0.5, 0.6) is 0 Å². The first-order valence-electron chi connectivity index (χ1n) is 15.7. The SMILES string of the molecule is Nc1ccccc1C1OC=C(OCCCN2C=C[N+]=C2CCCC[n+]2ccn(CCCOC3=COC(c4ccccc4N)O3)c2)O1. The average Bonchev–Trinajstić information content (AvgIpc) is 3.89. The normalized spacial score (nSPS) is 18.3. The molecule has 3 aromatic rings. The highest BCUT2D eigenvalue weighted by molar-refractivity contribution is 5.84. The van der Waals surface area contributed by atoms with Crippen molar-refractivity contribution in [3.8, 4) is 0 Å². The molecule has 6 rings (SSSR count). The van der Waals surface area contributed by atoms with Crippen LogP contribution in [0.25, 0.3) is 0 Å². The molecule has 0 saturated carbocycles. The van der Waals surface area contributed by atoms with E-state index in [1.807, 2.05) is 60.9 Å². The monoisotopic (exact) mass is 629 g/mol. The first-order chi connectivity index (χ1) is 22.6. The van der Waals surface area contributed by atoms with Crippen molar-refractivity contribution < 1.29 is 33.0 Å². The van der Waals surface area contributed by atoms with Crippen molar-refractivity contribution in [3.05, 3.63) is 115 Å². The van der Waals surface area contributed by atoms with E-state index in [2.05, 4.69) is 37.7 Å². The summed E-state index contributed by atoms with van der Waals surface area (Å²) in [6.07, 6.45) is 16.8. The number of hydrogen-bond acceptors (Lipinski definition) is 10. The number of unbranched alkanes of at least 4 members (excludes halogenated alkanes) is 1. The Morgan fingerprint density at radius 3 is 2.07 bits per heavy atom. The Hall–Kier alpha value is -5.26. The number of rotatable bonds is 17. The lowest BCUT2D eigenvalue weighted by Crippen LogP contribution is -2.31. The van der Waals surface area contributed by atoms with Crippen molar-refractivity contribution in [1.82, 2.24) is 14.5 Å². The molecule has 1 aromatic heterocycles. The number of ether oxygens (including phenoxy) is 6. The minimum absolute atomic E-state index is 0.369. The quantitative estimate of drug-likeness (QED) is 0.125. The van der Waals surface area contributed by atoms with E-state index in [4.69, 9.17) is 39.9 Å². The van der Waals surface area contributed by atoms with Gasteiger partial charge in [-0.05, 0) is 37.1 Å². The number of aryl methyl sites for hydroxylation is 2. The van der Waals surface area contributed by atoms with Crippen LogP contribution in [0.15, 0.2) is 104 Å². The van der Waals surface area contributed by atoms with Gasteiger partial charge in [-0.15, -0.1) is 0 Å². The van der Waals surface area contributed by atoms with Crippen LogP contribution in [0.4, 0.5) is 11.4 Å². The highest BCUT2D eigenvalue weighted by atomic mass is 16.8. The third-order valence-electron chi connectivity index (χ3n) is 7.73. The number of benzene rings is 2. The lowest BCUT2D eigenvalue weighted by atomic mass is 10.2. The zero-order valence-corrected chi connectivity index (χ0v) is 25.8. The zero-order chi connectivity index (χ0) is 31.6. The second-order valence-corrected chi connectivity index (χ2v) is 11.1. The van der Waals surface area contributed by atoms with Crippen LogP contribution >= 0.6 is 0 Å². The van der Waals surface area contributed by atoms with Gasteiger partial charge in [0.1, 0.15) is 18.6 Å². The van der Waals surface area contributed by atoms with Gasteiger partial charge in [-0.25, -0.2) is 14.0 Å². The van der Waals surface area contributed by atoms with Crippen molar-refractivity contribution in [2.75, 3.05) is 31.2 Å². The minimum atomic E-state index is -0.575. The van der Waals surface area contributed by atoms with Crippen molar-refractivity contribution in [2.45, 2.75) is 57.8 Å². The lowest BCUT2D eigenvalue weighted by molar-refractivity contribution is -0.696.